The maximum absolute atomic E-state index is 9.40. The number of aliphatic hydroxyl groups is 1. The molecule has 94 valence electrons. The average Bonchev–Trinajstić information content (AvgIpc) is 2.46. The summed E-state index contributed by atoms with van der Waals surface area (Å²) < 4.78 is 10.7. The quantitative estimate of drug-likeness (QED) is 0.898. The molecule has 0 aromatic heterocycles. The minimum absolute atomic E-state index is 0.00344. The number of hydrogen-bond donors (Lipinski definition) is 1. The van der Waals surface area contributed by atoms with E-state index in [9.17, 15) is 5.11 Å². The van der Waals surface area contributed by atoms with Crippen LogP contribution in [-0.4, -0.2) is 19.3 Å². The Bertz CT molecular complexity index is 535. The molecular weight excluding hydrogens is 228 g/mol. The standard InChI is InChI=1S/C15H16O3/c1-17-14-9-5-8-13(15(14)18-2)12-7-4-3-6-11(12)10-16/h3-9,16H,10H2,1-2H3. The Kier molecular flexibility index (Phi) is 3.85. The lowest BCUT2D eigenvalue weighted by molar-refractivity contribution is 0.282. The Hall–Kier alpha value is -2.00. The van der Waals surface area contributed by atoms with Crippen molar-refractivity contribution in [2.45, 2.75) is 6.61 Å². The van der Waals surface area contributed by atoms with Crippen LogP contribution in [0.4, 0.5) is 0 Å². The highest BCUT2D eigenvalue weighted by molar-refractivity contribution is 5.76. The zero-order chi connectivity index (χ0) is 13.0. The summed E-state index contributed by atoms with van der Waals surface area (Å²) in [5.41, 5.74) is 2.74. The van der Waals surface area contributed by atoms with Crippen molar-refractivity contribution in [3.8, 4) is 22.6 Å². The van der Waals surface area contributed by atoms with Gasteiger partial charge in [-0.2, -0.15) is 0 Å². The monoisotopic (exact) mass is 244 g/mol. The molecule has 2 aromatic rings. The van der Waals surface area contributed by atoms with Gasteiger partial charge in [0.1, 0.15) is 0 Å². The van der Waals surface area contributed by atoms with Crippen molar-refractivity contribution < 1.29 is 14.6 Å². The van der Waals surface area contributed by atoms with E-state index in [1.54, 1.807) is 14.2 Å². The molecule has 18 heavy (non-hydrogen) atoms. The molecule has 3 heteroatoms. The Morgan fingerprint density at radius 3 is 2.28 bits per heavy atom. The fourth-order valence-corrected chi connectivity index (χ4v) is 2.02. The number of methoxy groups -OCH3 is 2. The third-order valence-corrected chi connectivity index (χ3v) is 2.88. The van der Waals surface area contributed by atoms with E-state index in [2.05, 4.69) is 0 Å². The predicted octanol–water partition coefficient (Wildman–Crippen LogP) is 2.86. The lowest BCUT2D eigenvalue weighted by atomic mass is 9.99. The first-order valence-electron chi connectivity index (χ1n) is 5.72. The first kappa shape index (κ1) is 12.5. The van der Waals surface area contributed by atoms with E-state index in [1.807, 2.05) is 42.5 Å². The topological polar surface area (TPSA) is 38.7 Å². The number of ether oxygens (including phenoxy) is 2. The van der Waals surface area contributed by atoms with E-state index in [-0.39, 0.29) is 6.61 Å². The highest BCUT2D eigenvalue weighted by Crippen LogP contribution is 2.38. The summed E-state index contributed by atoms with van der Waals surface area (Å²) in [6.45, 7) is -0.00344. The van der Waals surface area contributed by atoms with Crippen molar-refractivity contribution in [1.29, 1.82) is 0 Å². The predicted molar refractivity (Wildman–Crippen MR) is 70.9 cm³/mol. The number of para-hydroxylation sites is 1. The molecule has 0 aliphatic heterocycles. The molecule has 0 unspecified atom stereocenters. The first-order valence-corrected chi connectivity index (χ1v) is 5.72. The summed E-state index contributed by atoms with van der Waals surface area (Å²) in [7, 11) is 3.22. The maximum Gasteiger partial charge on any atom is 0.168 e. The summed E-state index contributed by atoms with van der Waals surface area (Å²) in [5.74, 6) is 1.36. The number of benzene rings is 2. The van der Waals surface area contributed by atoms with Gasteiger partial charge in [0, 0.05) is 5.56 Å². The van der Waals surface area contributed by atoms with Crippen LogP contribution in [0.25, 0.3) is 11.1 Å². The molecule has 0 spiro atoms. The molecule has 2 aromatic carbocycles. The summed E-state index contributed by atoms with van der Waals surface area (Å²) in [4.78, 5) is 0. The normalized spacial score (nSPS) is 10.2. The minimum atomic E-state index is -0.00344. The van der Waals surface area contributed by atoms with Crippen molar-refractivity contribution in [1.82, 2.24) is 0 Å². The highest BCUT2D eigenvalue weighted by atomic mass is 16.5. The molecule has 1 N–H and O–H groups in total. The second-order valence-electron chi connectivity index (χ2n) is 3.86. The van der Waals surface area contributed by atoms with Gasteiger partial charge in [-0.25, -0.2) is 0 Å². The summed E-state index contributed by atoms with van der Waals surface area (Å²) in [6.07, 6.45) is 0. The van der Waals surface area contributed by atoms with Crippen molar-refractivity contribution >= 4 is 0 Å². The fourth-order valence-electron chi connectivity index (χ4n) is 2.02. The van der Waals surface area contributed by atoms with Gasteiger partial charge >= 0.3 is 0 Å². The van der Waals surface area contributed by atoms with E-state index < -0.39 is 0 Å². The zero-order valence-corrected chi connectivity index (χ0v) is 10.5. The Morgan fingerprint density at radius 1 is 0.889 bits per heavy atom. The van der Waals surface area contributed by atoms with Crippen LogP contribution in [0.15, 0.2) is 42.5 Å². The fraction of sp³-hybridized carbons (Fsp3) is 0.200. The van der Waals surface area contributed by atoms with Crippen LogP contribution >= 0.6 is 0 Å². The first-order chi connectivity index (χ1) is 8.81. The van der Waals surface area contributed by atoms with Gasteiger partial charge in [-0.3, -0.25) is 0 Å². The summed E-state index contributed by atoms with van der Waals surface area (Å²) in [6, 6.07) is 13.4. The van der Waals surface area contributed by atoms with Crippen LogP contribution < -0.4 is 9.47 Å². The smallest absolute Gasteiger partial charge is 0.168 e. The van der Waals surface area contributed by atoms with Crippen LogP contribution in [0, 0.1) is 0 Å². The van der Waals surface area contributed by atoms with Gasteiger partial charge in [-0.05, 0) is 17.2 Å². The van der Waals surface area contributed by atoms with Gasteiger partial charge in [-0.1, -0.05) is 36.4 Å². The largest absolute Gasteiger partial charge is 0.493 e. The van der Waals surface area contributed by atoms with Gasteiger partial charge in [-0.15, -0.1) is 0 Å². The molecule has 0 saturated heterocycles. The van der Waals surface area contributed by atoms with Gasteiger partial charge in [0.2, 0.25) is 0 Å². The van der Waals surface area contributed by atoms with Crippen LogP contribution in [0.5, 0.6) is 11.5 Å². The second-order valence-corrected chi connectivity index (χ2v) is 3.86. The molecule has 0 atom stereocenters. The summed E-state index contributed by atoms with van der Waals surface area (Å²) in [5, 5.41) is 9.40. The SMILES string of the molecule is COc1cccc(-c2ccccc2CO)c1OC. The molecular formula is C15H16O3. The minimum Gasteiger partial charge on any atom is -0.493 e. The number of aliphatic hydroxyl groups excluding tert-OH is 1. The van der Waals surface area contributed by atoms with Crippen LogP contribution in [0.2, 0.25) is 0 Å². The third-order valence-electron chi connectivity index (χ3n) is 2.88. The molecule has 0 radical (unpaired) electrons. The van der Waals surface area contributed by atoms with Gasteiger partial charge in [0.05, 0.1) is 20.8 Å². The molecule has 0 saturated carbocycles. The zero-order valence-electron chi connectivity index (χ0n) is 10.5. The summed E-state index contributed by atoms with van der Waals surface area (Å²) >= 11 is 0. The molecule has 0 aliphatic carbocycles. The van der Waals surface area contributed by atoms with Gasteiger partial charge < -0.3 is 14.6 Å². The van der Waals surface area contributed by atoms with Crippen LogP contribution in [0.1, 0.15) is 5.56 Å². The van der Waals surface area contributed by atoms with Crippen molar-refractivity contribution in [3.63, 3.8) is 0 Å². The molecule has 0 fully saturated rings. The number of rotatable bonds is 4. The van der Waals surface area contributed by atoms with Crippen LogP contribution in [0.3, 0.4) is 0 Å². The maximum atomic E-state index is 9.40. The molecule has 0 amide bonds. The second kappa shape index (κ2) is 5.56. The van der Waals surface area contributed by atoms with Crippen molar-refractivity contribution in [3.05, 3.63) is 48.0 Å². The van der Waals surface area contributed by atoms with E-state index in [1.165, 1.54) is 0 Å². The van der Waals surface area contributed by atoms with E-state index >= 15 is 0 Å². The molecule has 0 aliphatic rings. The van der Waals surface area contributed by atoms with E-state index in [0.29, 0.717) is 11.5 Å². The van der Waals surface area contributed by atoms with E-state index in [0.717, 1.165) is 16.7 Å². The lowest BCUT2D eigenvalue weighted by Gasteiger charge is -2.14. The average molecular weight is 244 g/mol. The van der Waals surface area contributed by atoms with Crippen molar-refractivity contribution in [2.75, 3.05) is 14.2 Å². The highest BCUT2D eigenvalue weighted by Gasteiger charge is 2.13. The lowest BCUT2D eigenvalue weighted by Crippen LogP contribution is -1.95. The van der Waals surface area contributed by atoms with Gasteiger partial charge in [0.25, 0.3) is 0 Å². The molecule has 0 bridgehead atoms. The van der Waals surface area contributed by atoms with Gasteiger partial charge in [0.15, 0.2) is 11.5 Å². The third kappa shape index (κ3) is 2.17. The Labute approximate surface area is 107 Å². The van der Waals surface area contributed by atoms with Crippen LogP contribution in [-0.2, 0) is 6.61 Å². The Balaban J connectivity index is 2.63. The molecule has 0 heterocycles. The number of hydrogen-bond acceptors (Lipinski definition) is 3. The Morgan fingerprint density at radius 2 is 1.61 bits per heavy atom. The molecule has 2 rings (SSSR count). The molecule has 3 nitrogen and oxygen atoms in total. The van der Waals surface area contributed by atoms with Crippen molar-refractivity contribution in [2.24, 2.45) is 0 Å². The van der Waals surface area contributed by atoms with E-state index in [4.69, 9.17) is 9.47 Å².